The average molecular weight is 325 g/mol. The van der Waals surface area contributed by atoms with Gasteiger partial charge < -0.3 is 5.11 Å². The molecule has 3 unspecified atom stereocenters. The Morgan fingerprint density at radius 1 is 1.19 bits per heavy atom. The highest BCUT2D eigenvalue weighted by molar-refractivity contribution is 7.16. The molecule has 0 radical (unpaired) electrons. The summed E-state index contributed by atoms with van der Waals surface area (Å²) in [4.78, 5) is 1.05. The van der Waals surface area contributed by atoms with Crippen molar-refractivity contribution in [1.82, 2.24) is 0 Å². The van der Waals surface area contributed by atoms with E-state index in [1.165, 1.54) is 49.9 Å². The smallest absolute Gasteiger partial charge is 0.0932 e. The molecule has 21 heavy (non-hydrogen) atoms. The third kappa shape index (κ3) is 2.48. The number of aliphatic hydroxyl groups is 1. The van der Waals surface area contributed by atoms with Crippen LogP contribution in [0.3, 0.4) is 0 Å². The van der Waals surface area contributed by atoms with Gasteiger partial charge in [-0.3, -0.25) is 0 Å². The fourth-order valence-corrected chi connectivity index (χ4v) is 7.98. The summed E-state index contributed by atoms with van der Waals surface area (Å²) in [5, 5.41) is 10.7. The molecule has 1 heterocycles. The van der Waals surface area contributed by atoms with Crippen molar-refractivity contribution in [3.63, 3.8) is 0 Å². The van der Waals surface area contributed by atoms with Gasteiger partial charge in [-0.1, -0.05) is 25.4 Å². The molecule has 4 saturated carbocycles. The molecule has 4 aliphatic rings. The first-order chi connectivity index (χ1) is 9.79. The number of hydrogen-bond acceptors (Lipinski definition) is 2. The summed E-state index contributed by atoms with van der Waals surface area (Å²) in [6.07, 6.45) is 8.84. The van der Waals surface area contributed by atoms with Gasteiger partial charge in [0.1, 0.15) is 0 Å². The molecular formula is C18H25ClOS. The van der Waals surface area contributed by atoms with Crippen molar-refractivity contribution in [2.24, 2.45) is 22.2 Å². The largest absolute Gasteiger partial charge is 0.388 e. The van der Waals surface area contributed by atoms with Crippen LogP contribution in [0, 0.1) is 22.2 Å². The Hall–Kier alpha value is -0.0500. The molecule has 0 saturated heterocycles. The number of thiophene rings is 1. The average Bonchev–Trinajstić information content (AvgIpc) is 2.70. The van der Waals surface area contributed by atoms with Gasteiger partial charge in [0.15, 0.2) is 0 Å². The second-order valence-electron chi connectivity index (χ2n) is 8.99. The minimum atomic E-state index is -0.328. The van der Waals surface area contributed by atoms with Crippen LogP contribution in [0.15, 0.2) is 12.1 Å². The summed E-state index contributed by atoms with van der Waals surface area (Å²) in [6, 6.07) is 3.91. The molecule has 5 rings (SSSR count). The van der Waals surface area contributed by atoms with Crippen molar-refractivity contribution in [3.8, 4) is 0 Å². The van der Waals surface area contributed by atoms with E-state index in [9.17, 15) is 5.11 Å². The Kier molecular flexibility index (Phi) is 3.11. The predicted octanol–water partition coefficient (Wildman–Crippen LogP) is 5.82. The molecular weight excluding hydrogens is 300 g/mol. The van der Waals surface area contributed by atoms with Crippen LogP contribution < -0.4 is 0 Å². The predicted molar refractivity (Wildman–Crippen MR) is 88.7 cm³/mol. The Morgan fingerprint density at radius 3 is 2.38 bits per heavy atom. The molecule has 1 aromatic rings. The molecule has 3 atom stereocenters. The van der Waals surface area contributed by atoms with Crippen LogP contribution in [0.25, 0.3) is 0 Å². The van der Waals surface area contributed by atoms with E-state index in [4.69, 9.17) is 11.6 Å². The molecule has 0 amide bonds. The van der Waals surface area contributed by atoms with Crippen molar-refractivity contribution in [2.75, 3.05) is 0 Å². The maximum absolute atomic E-state index is 10.7. The first kappa shape index (κ1) is 14.5. The van der Waals surface area contributed by atoms with Crippen molar-refractivity contribution < 1.29 is 5.11 Å². The number of halogens is 1. The second kappa shape index (κ2) is 4.49. The van der Waals surface area contributed by atoms with Crippen LogP contribution in [-0.4, -0.2) is 5.11 Å². The summed E-state index contributed by atoms with van der Waals surface area (Å²) < 4.78 is 0.786. The van der Waals surface area contributed by atoms with Crippen molar-refractivity contribution in [2.45, 2.75) is 64.9 Å². The Morgan fingerprint density at radius 2 is 1.86 bits per heavy atom. The lowest BCUT2D eigenvalue weighted by Gasteiger charge is -2.66. The SMILES string of the molecule is CC12CC3CC(C)(C1)CC(CC(O)c1ccc(Cl)s1)(C3)C2. The summed E-state index contributed by atoms with van der Waals surface area (Å²) in [6.45, 7) is 5.00. The van der Waals surface area contributed by atoms with Crippen molar-refractivity contribution in [3.05, 3.63) is 21.3 Å². The molecule has 3 heteroatoms. The molecule has 0 aliphatic heterocycles. The van der Waals surface area contributed by atoms with Crippen molar-refractivity contribution in [1.29, 1.82) is 0 Å². The zero-order valence-electron chi connectivity index (χ0n) is 13.0. The first-order valence-corrected chi connectivity index (χ1v) is 9.42. The van der Waals surface area contributed by atoms with Gasteiger partial charge in [0.2, 0.25) is 0 Å². The van der Waals surface area contributed by atoms with E-state index < -0.39 is 0 Å². The van der Waals surface area contributed by atoms with Gasteiger partial charge in [-0.15, -0.1) is 11.3 Å². The van der Waals surface area contributed by atoms with Crippen LogP contribution in [0.1, 0.15) is 69.8 Å². The highest BCUT2D eigenvalue weighted by Gasteiger charge is 2.60. The highest BCUT2D eigenvalue weighted by atomic mass is 35.5. The first-order valence-electron chi connectivity index (χ1n) is 8.22. The summed E-state index contributed by atoms with van der Waals surface area (Å²) in [7, 11) is 0. The van der Waals surface area contributed by atoms with Crippen LogP contribution in [0.2, 0.25) is 4.34 Å². The van der Waals surface area contributed by atoms with Gasteiger partial charge in [-0.25, -0.2) is 0 Å². The number of hydrogen-bond donors (Lipinski definition) is 1. The molecule has 1 N–H and O–H groups in total. The fourth-order valence-electron chi connectivity index (χ4n) is 6.93. The maximum atomic E-state index is 10.7. The summed E-state index contributed by atoms with van der Waals surface area (Å²) in [5.74, 6) is 0.898. The zero-order valence-corrected chi connectivity index (χ0v) is 14.6. The van der Waals surface area contributed by atoms with Gasteiger partial charge in [0.05, 0.1) is 10.4 Å². The van der Waals surface area contributed by atoms with E-state index in [2.05, 4.69) is 13.8 Å². The minimum Gasteiger partial charge on any atom is -0.388 e. The molecule has 0 aromatic carbocycles. The van der Waals surface area contributed by atoms with Crippen LogP contribution in [0.5, 0.6) is 0 Å². The molecule has 1 nitrogen and oxygen atoms in total. The monoisotopic (exact) mass is 324 g/mol. The lowest BCUT2D eigenvalue weighted by atomic mass is 9.39. The van der Waals surface area contributed by atoms with Gasteiger partial charge in [-0.2, -0.15) is 0 Å². The van der Waals surface area contributed by atoms with E-state index in [0.29, 0.717) is 16.2 Å². The standard InChI is InChI=1S/C18H25ClOS/c1-16-5-12-6-17(2,9-16)11-18(7-12,10-16)8-13(20)14-3-4-15(19)21-14/h3-4,12-13,20H,5-11H2,1-2H3. The molecule has 4 bridgehead atoms. The second-order valence-corrected chi connectivity index (χ2v) is 10.7. The quantitative estimate of drug-likeness (QED) is 0.742. The summed E-state index contributed by atoms with van der Waals surface area (Å²) in [5.41, 5.74) is 1.43. The maximum Gasteiger partial charge on any atom is 0.0932 e. The fraction of sp³-hybridized carbons (Fsp3) is 0.778. The Balaban J connectivity index is 1.59. The normalized spacial score (nSPS) is 46.0. The summed E-state index contributed by atoms with van der Waals surface area (Å²) >= 11 is 7.57. The topological polar surface area (TPSA) is 20.2 Å². The number of rotatable bonds is 3. The lowest BCUT2D eigenvalue weighted by Crippen LogP contribution is -2.55. The molecule has 116 valence electrons. The Bertz CT molecular complexity index is 547. The minimum absolute atomic E-state index is 0.328. The van der Waals surface area contributed by atoms with E-state index in [1.54, 1.807) is 0 Å². The Labute approximate surface area is 136 Å². The van der Waals surface area contributed by atoms with Gasteiger partial charge in [0.25, 0.3) is 0 Å². The number of aliphatic hydroxyl groups excluding tert-OH is 1. The van der Waals surface area contributed by atoms with E-state index in [1.807, 2.05) is 12.1 Å². The molecule has 4 fully saturated rings. The third-order valence-electron chi connectivity index (χ3n) is 6.29. The van der Waals surface area contributed by atoms with Crippen LogP contribution in [0.4, 0.5) is 0 Å². The molecule has 0 spiro atoms. The molecule has 1 aromatic heterocycles. The van der Waals surface area contributed by atoms with Crippen LogP contribution >= 0.6 is 22.9 Å². The van der Waals surface area contributed by atoms with E-state index in [0.717, 1.165) is 21.6 Å². The third-order valence-corrected chi connectivity index (χ3v) is 7.62. The van der Waals surface area contributed by atoms with Gasteiger partial charge in [0, 0.05) is 4.88 Å². The zero-order chi connectivity index (χ0) is 14.9. The van der Waals surface area contributed by atoms with Gasteiger partial charge >= 0.3 is 0 Å². The highest BCUT2D eigenvalue weighted by Crippen LogP contribution is 2.71. The van der Waals surface area contributed by atoms with E-state index in [-0.39, 0.29) is 6.10 Å². The lowest BCUT2D eigenvalue weighted by molar-refractivity contribution is -0.156. The van der Waals surface area contributed by atoms with Crippen molar-refractivity contribution >= 4 is 22.9 Å². The van der Waals surface area contributed by atoms with Gasteiger partial charge in [-0.05, 0) is 79.2 Å². The van der Waals surface area contributed by atoms with Crippen LogP contribution in [-0.2, 0) is 0 Å². The van der Waals surface area contributed by atoms with E-state index >= 15 is 0 Å². The molecule has 4 aliphatic carbocycles.